The lowest BCUT2D eigenvalue weighted by atomic mass is 10.1. The molecular weight excluding hydrogens is 386 g/mol. The zero-order valence-electron chi connectivity index (χ0n) is 17.7. The minimum Gasteiger partial charge on any atom is -0.392 e. The topological polar surface area (TPSA) is 67.2 Å². The van der Waals surface area contributed by atoms with Gasteiger partial charge < -0.3 is 10.4 Å². The lowest BCUT2D eigenvalue weighted by molar-refractivity contribution is 0.102. The normalized spacial score (nSPS) is 10.8. The van der Waals surface area contributed by atoms with Gasteiger partial charge in [0.15, 0.2) is 0 Å². The first-order chi connectivity index (χ1) is 15.0. The van der Waals surface area contributed by atoms with Crippen molar-refractivity contribution in [2.24, 2.45) is 0 Å². The summed E-state index contributed by atoms with van der Waals surface area (Å²) in [4.78, 5) is 13.2. The van der Waals surface area contributed by atoms with Crippen molar-refractivity contribution in [3.8, 4) is 11.3 Å². The highest BCUT2D eigenvalue weighted by molar-refractivity contribution is 6.08. The maximum Gasteiger partial charge on any atom is 0.259 e. The standard InChI is InChI=1S/C26H25N3O2/c1-18-6-10-20(11-7-18)15-29-16-24(25(28-29)22-12-8-19(2)9-13-22)26(31)27-23-5-3-4-21(14-23)17-30/h3-14,16,30H,15,17H2,1-2H3,(H,27,31). The Hall–Kier alpha value is -3.70. The van der Waals surface area contributed by atoms with Crippen molar-refractivity contribution >= 4 is 11.6 Å². The van der Waals surface area contributed by atoms with Crippen LogP contribution in [0, 0.1) is 13.8 Å². The van der Waals surface area contributed by atoms with E-state index in [1.54, 1.807) is 23.0 Å². The second-order valence-corrected chi connectivity index (χ2v) is 7.75. The number of aryl methyl sites for hydroxylation is 2. The quantitative estimate of drug-likeness (QED) is 0.471. The molecule has 1 aromatic heterocycles. The van der Waals surface area contributed by atoms with Gasteiger partial charge in [0.05, 0.1) is 18.7 Å². The summed E-state index contributed by atoms with van der Waals surface area (Å²) in [5.74, 6) is -0.235. The van der Waals surface area contributed by atoms with E-state index < -0.39 is 0 Å². The molecule has 1 amide bonds. The number of anilines is 1. The molecule has 4 rings (SSSR count). The molecule has 5 nitrogen and oxygen atoms in total. The van der Waals surface area contributed by atoms with Crippen molar-refractivity contribution in [1.29, 1.82) is 0 Å². The molecule has 0 atom stereocenters. The predicted octanol–water partition coefficient (Wildman–Crippen LogP) is 4.96. The largest absolute Gasteiger partial charge is 0.392 e. The van der Waals surface area contributed by atoms with Gasteiger partial charge in [0.25, 0.3) is 5.91 Å². The second-order valence-electron chi connectivity index (χ2n) is 7.75. The van der Waals surface area contributed by atoms with Crippen molar-refractivity contribution in [2.75, 3.05) is 5.32 Å². The van der Waals surface area contributed by atoms with Gasteiger partial charge in [-0.1, -0.05) is 71.8 Å². The van der Waals surface area contributed by atoms with E-state index >= 15 is 0 Å². The number of aliphatic hydroxyl groups is 1. The molecule has 1 heterocycles. The summed E-state index contributed by atoms with van der Waals surface area (Å²) in [6.45, 7) is 4.59. The Morgan fingerprint density at radius 1 is 0.935 bits per heavy atom. The summed E-state index contributed by atoms with van der Waals surface area (Å²) in [5.41, 5.74) is 6.88. The monoisotopic (exact) mass is 411 g/mol. The van der Waals surface area contributed by atoms with Crippen LogP contribution in [0.1, 0.15) is 32.6 Å². The molecule has 0 bridgehead atoms. The SMILES string of the molecule is Cc1ccc(Cn2cc(C(=O)Nc3cccc(CO)c3)c(-c3ccc(C)cc3)n2)cc1. The maximum absolute atomic E-state index is 13.2. The molecule has 0 saturated carbocycles. The average molecular weight is 412 g/mol. The van der Waals surface area contributed by atoms with Gasteiger partial charge in [-0.05, 0) is 37.1 Å². The number of aromatic nitrogens is 2. The van der Waals surface area contributed by atoms with Gasteiger partial charge in [0.2, 0.25) is 0 Å². The number of rotatable bonds is 6. The first-order valence-electron chi connectivity index (χ1n) is 10.2. The number of benzene rings is 3. The molecule has 0 aliphatic rings. The first kappa shape index (κ1) is 20.6. The molecule has 2 N–H and O–H groups in total. The number of carbonyl (C=O) groups excluding carboxylic acids is 1. The van der Waals surface area contributed by atoms with Crippen LogP contribution < -0.4 is 5.32 Å². The third-order valence-electron chi connectivity index (χ3n) is 5.16. The molecule has 31 heavy (non-hydrogen) atoms. The van der Waals surface area contributed by atoms with Crippen LogP contribution in [0.3, 0.4) is 0 Å². The Labute approximate surface area is 182 Å². The van der Waals surface area contributed by atoms with Crippen molar-refractivity contribution in [1.82, 2.24) is 9.78 Å². The molecule has 0 aliphatic heterocycles. The first-order valence-corrected chi connectivity index (χ1v) is 10.2. The predicted molar refractivity (Wildman–Crippen MR) is 123 cm³/mol. The molecular formula is C26H25N3O2. The van der Waals surface area contributed by atoms with Crippen molar-refractivity contribution in [2.45, 2.75) is 27.0 Å². The van der Waals surface area contributed by atoms with Crippen molar-refractivity contribution in [3.05, 3.63) is 107 Å². The van der Waals surface area contributed by atoms with Crippen molar-refractivity contribution in [3.63, 3.8) is 0 Å². The average Bonchev–Trinajstić information content (AvgIpc) is 3.20. The molecule has 0 radical (unpaired) electrons. The van der Waals surface area contributed by atoms with Gasteiger partial charge in [0, 0.05) is 17.4 Å². The zero-order valence-corrected chi connectivity index (χ0v) is 17.7. The van der Waals surface area contributed by atoms with E-state index in [1.807, 2.05) is 43.3 Å². The molecule has 0 unspecified atom stereocenters. The fourth-order valence-corrected chi connectivity index (χ4v) is 3.42. The Morgan fingerprint density at radius 2 is 1.61 bits per heavy atom. The molecule has 4 aromatic rings. The number of nitrogens with zero attached hydrogens (tertiary/aromatic N) is 2. The van der Waals surface area contributed by atoms with E-state index in [1.165, 1.54) is 5.56 Å². The molecule has 0 aliphatic carbocycles. The highest BCUT2D eigenvalue weighted by Gasteiger charge is 2.18. The van der Waals surface area contributed by atoms with E-state index in [2.05, 4.69) is 36.5 Å². The fourth-order valence-electron chi connectivity index (χ4n) is 3.42. The molecule has 0 saturated heterocycles. The van der Waals surface area contributed by atoms with E-state index in [-0.39, 0.29) is 12.5 Å². The van der Waals surface area contributed by atoms with E-state index in [4.69, 9.17) is 5.10 Å². The van der Waals surface area contributed by atoms with Gasteiger partial charge in [0.1, 0.15) is 5.69 Å². The van der Waals surface area contributed by atoms with Gasteiger partial charge >= 0.3 is 0 Å². The van der Waals surface area contributed by atoms with Crippen molar-refractivity contribution < 1.29 is 9.90 Å². The van der Waals surface area contributed by atoms with Gasteiger partial charge in [-0.2, -0.15) is 5.10 Å². The van der Waals surface area contributed by atoms with Crippen LogP contribution in [0.25, 0.3) is 11.3 Å². The fraction of sp³-hybridized carbons (Fsp3) is 0.154. The molecule has 156 valence electrons. The summed E-state index contributed by atoms with van der Waals surface area (Å²) >= 11 is 0. The molecule has 0 fully saturated rings. The van der Waals surface area contributed by atoms with Gasteiger partial charge in [-0.25, -0.2) is 0 Å². The number of amides is 1. The Balaban J connectivity index is 1.68. The Kier molecular flexibility index (Phi) is 5.96. The summed E-state index contributed by atoms with van der Waals surface area (Å²) < 4.78 is 1.80. The Morgan fingerprint density at radius 3 is 2.29 bits per heavy atom. The molecule has 0 spiro atoms. The number of hydrogen-bond acceptors (Lipinski definition) is 3. The van der Waals surface area contributed by atoms with Gasteiger partial charge in [-0.3, -0.25) is 9.48 Å². The zero-order chi connectivity index (χ0) is 21.8. The number of carbonyl (C=O) groups is 1. The minimum atomic E-state index is -0.235. The van der Waals surface area contributed by atoms with Crippen LogP contribution in [0.4, 0.5) is 5.69 Å². The highest BCUT2D eigenvalue weighted by atomic mass is 16.3. The maximum atomic E-state index is 13.2. The van der Waals surface area contributed by atoms with Crippen LogP contribution >= 0.6 is 0 Å². The van der Waals surface area contributed by atoms with Crippen LogP contribution in [-0.4, -0.2) is 20.8 Å². The highest BCUT2D eigenvalue weighted by Crippen LogP contribution is 2.24. The number of hydrogen-bond donors (Lipinski definition) is 2. The number of nitrogens with one attached hydrogen (secondary N) is 1. The third kappa shape index (κ3) is 4.90. The summed E-state index contributed by atoms with van der Waals surface area (Å²) in [7, 11) is 0. The smallest absolute Gasteiger partial charge is 0.259 e. The van der Waals surface area contributed by atoms with Crippen LogP contribution in [0.5, 0.6) is 0 Å². The van der Waals surface area contributed by atoms with Crippen LogP contribution in [-0.2, 0) is 13.2 Å². The number of aliphatic hydroxyl groups excluding tert-OH is 1. The van der Waals surface area contributed by atoms with E-state index in [0.717, 1.165) is 22.3 Å². The van der Waals surface area contributed by atoms with Gasteiger partial charge in [-0.15, -0.1) is 0 Å². The summed E-state index contributed by atoms with van der Waals surface area (Å²) in [5, 5.41) is 17.0. The minimum absolute atomic E-state index is 0.0766. The summed E-state index contributed by atoms with van der Waals surface area (Å²) in [6.07, 6.45) is 1.79. The van der Waals surface area contributed by atoms with Crippen LogP contribution in [0.2, 0.25) is 0 Å². The molecule has 5 heteroatoms. The van der Waals surface area contributed by atoms with E-state index in [0.29, 0.717) is 23.5 Å². The van der Waals surface area contributed by atoms with E-state index in [9.17, 15) is 9.90 Å². The lowest BCUT2D eigenvalue weighted by Gasteiger charge is -2.07. The second kappa shape index (κ2) is 8.98. The molecule has 3 aromatic carbocycles. The van der Waals surface area contributed by atoms with Crippen LogP contribution in [0.15, 0.2) is 79.0 Å². The summed E-state index contributed by atoms with van der Waals surface area (Å²) in [6, 6.07) is 23.5. The Bertz CT molecular complexity index is 1190. The third-order valence-corrected chi connectivity index (χ3v) is 5.16. The lowest BCUT2D eigenvalue weighted by Crippen LogP contribution is -2.12.